The Hall–Kier alpha value is -3.99. The molecule has 10 heteroatoms. The van der Waals surface area contributed by atoms with Crippen LogP contribution in [0.25, 0.3) is 0 Å². The molecular formula is C33H38N2O8. The van der Waals surface area contributed by atoms with Gasteiger partial charge in [0, 0.05) is 51.2 Å². The first-order valence-corrected chi connectivity index (χ1v) is 14.5. The van der Waals surface area contributed by atoms with E-state index in [1.807, 2.05) is 41.3 Å². The number of carbonyl (C=O) groups is 1. The number of fused-ring (bicyclic) bond motifs is 2. The van der Waals surface area contributed by atoms with Gasteiger partial charge in [-0.25, -0.2) is 0 Å². The van der Waals surface area contributed by atoms with Crippen LogP contribution < -0.4 is 23.7 Å². The number of benzene rings is 3. The molecule has 3 aromatic rings. The molecular weight excluding hydrogens is 552 g/mol. The number of nitrogens with zero attached hydrogens (tertiary/aromatic N) is 2. The maximum atomic E-state index is 14.5. The van der Waals surface area contributed by atoms with E-state index in [4.69, 9.17) is 23.7 Å². The summed E-state index contributed by atoms with van der Waals surface area (Å²) in [6, 6.07) is 17.6. The first kappa shape index (κ1) is 29.1. The van der Waals surface area contributed by atoms with Crippen LogP contribution >= 0.6 is 0 Å². The minimum Gasteiger partial charge on any atom is -0.493 e. The van der Waals surface area contributed by atoms with Crippen molar-refractivity contribution in [2.24, 2.45) is 11.8 Å². The van der Waals surface area contributed by atoms with Gasteiger partial charge in [-0.1, -0.05) is 30.3 Å². The SMILES string of the molecule is COc1cc([C@@H]2c3cc4c(cc3[C@H](O)[C@@H](CO)[C@@H]2C(=O)N2CCN(Cc3ccccc3)CC2)OCO4)cc(OC)c1OC. The molecule has 228 valence electrons. The summed E-state index contributed by atoms with van der Waals surface area (Å²) in [5.41, 5.74) is 3.30. The lowest BCUT2D eigenvalue weighted by Crippen LogP contribution is -2.53. The van der Waals surface area contributed by atoms with Crippen LogP contribution in [0.15, 0.2) is 54.6 Å². The third-order valence-electron chi connectivity index (χ3n) is 8.93. The number of rotatable bonds is 8. The van der Waals surface area contributed by atoms with E-state index in [0.717, 1.165) is 30.8 Å². The van der Waals surface area contributed by atoms with Crippen LogP contribution in [0.3, 0.4) is 0 Å². The number of amides is 1. The van der Waals surface area contributed by atoms with Crippen LogP contribution in [-0.4, -0.2) is 86.8 Å². The highest BCUT2D eigenvalue weighted by atomic mass is 16.7. The number of ether oxygens (including phenoxy) is 5. The summed E-state index contributed by atoms with van der Waals surface area (Å²) >= 11 is 0. The Morgan fingerprint density at radius 3 is 2.09 bits per heavy atom. The minimum atomic E-state index is -1.08. The van der Waals surface area contributed by atoms with Crippen molar-refractivity contribution in [3.05, 3.63) is 76.9 Å². The fraction of sp³-hybridized carbons (Fsp3) is 0.424. The summed E-state index contributed by atoms with van der Waals surface area (Å²) in [5, 5.41) is 22.3. The third-order valence-corrected chi connectivity index (χ3v) is 8.93. The van der Waals surface area contributed by atoms with Crippen molar-refractivity contribution in [2.75, 3.05) is 60.9 Å². The second-order valence-corrected chi connectivity index (χ2v) is 11.2. The molecule has 0 spiro atoms. The Bertz CT molecular complexity index is 1430. The average Bonchev–Trinajstić information content (AvgIpc) is 3.51. The van der Waals surface area contributed by atoms with Gasteiger partial charge < -0.3 is 38.8 Å². The van der Waals surface area contributed by atoms with Crippen molar-refractivity contribution in [3.8, 4) is 28.7 Å². The molecule has 1 saturated heterocycles. The number of piperazine rings is 1. The van der Waals surface area contributed by atoms with Crippen molar-refractivity contribution in [2.45, 2.75) is 18.6 Å². The third kappa shape index (κ3) is 5.35. The number of carbonyl (C=O) groups excluding carboxylic acids is 1. The molecule has 2 aliphatic heterocycles. The molecule has 6 rings (SSSR count). The van der Waals surface area contributed by atoms with E-state index < -0.39 is 23.9 Å². The monoisotopic (exact) mass is 590 g/mol. The summed E-state index contributed by atoms with van der Waals surface area (Å²) in [4.78, 5) is 18.7. The van der Waals surface area contributed by atoms with Gasteiger partial charge in [-0.15, -0.1) is 0 Å². The van der Waals surface area contributed by atoms with Gasteiger partial charge in [0.1, 0.15) is 0 Å². The van der Waals surface area contributed by atoms with Gasteiger partial charge >= 0.3 is 0 Å². The minimum absolute atomic E-state index is 0.0716. The summed E-state index contributed by atoms with van der Waals surface area (Å²) in [5.74, 6) is 0.227. The van der Waals surface area contributed by atoms with Gasteiger partial charge in [0.2, 0.25) is 18.4 Å². The second-order valence-electron chi connectivity index (χ2n) is 11.2. The van der Waals surface area contributed by atoms with E-state index in [9.17, 15) is 15.0 Å². The standard InChI is InChI=1S/C33H38N2O8/c1-39-27-13-21(14-28(40-2)32(27)41-3)29-22-15-25-26(43-19-42-25)16-23(22)31(37)24(18-36)30(29)33(38)35-11-9-34(10-12-35)17-20-7-5-4-6-8-20/h4-8,13-16,24,29-31,36-37H,9-12,17-19H2,1-3H3/t24-,29+,30-,31-/m0/s1. The number of hydrogen-bond donors (Lipinski definition) is 2. The van der Waals surface area contributed by atoms with Gasteiger partial charge in [0.15, 0.2) is 23.0 Å². The Balaban J connectivity index is 1.39. The smallest absolute Gasteiger partial charge is 0.231 e. The van der Waals surface area contributed by atoms with Crippen LogP contribution in [-0.2, 0) is 11.3 Å². The Labute approximate surface area is 251 Å². The van der Waals surface area contributed by atoms with E-state index in [1.165, 1.54) is 5.56 Å². The molecule has 0 unspecified atom stereocenters. The molecule has 10 nitrogen and oxygen atoms in total. The lowest BCUT2D eigenvalue weighted by Gasteiger charge is -2.44. The Morgan fingerprint density at radius 1 is 0.884 bits per heavy atom. The molecule has 3 aliphatic rings. The van der Waals surface area contributed by atoms with Crippen molar-refractivity contribution in [3.63, 3.8) is 0 Å². The molecule has 1 amide bonds. The molecule has 3 aromatic carbocycles. The quantitative estimate of drug-likeness (QED) is 0.409. The summed E-state index contributed by atoms with van der Waals surface area (Å²) in [6.45, 7) is 3.06. The first-order chi connectivity index (χ1) is 21.0. The number of aliphatic hydroxyl groups is 2. The van der Waals surface area contributed by atoms with Gasteiger partial charge in [0.05, 0.1) is 33.4 Å². The highest BCUT2D eigenvalue weighted by Gasteiger charge is 2.49. The molecule has 1 fully saturated rings. The van der Waals surface area contributed by atoms with Gasteiger partial charge in [-0.05, 0) is 46.5 Å². The van der Waals surface area contributed by atoms with Crippen molar-refractivity contribution in [1.29, 1.82) is 0 Å². The lowest BCUT2D eigenvalue weighted by atomic mass is 9.64. The largest absolute Gasteiger partial charge is 0.493 e. The van der Waals surface area contributed by atoms with Gasteiger partial charge in [0.25, 0.3) is 0 Å². The molecule has 0 bridgehead atoms. The van der Waals surface area contributed by atoms with Crippen LogP contribution in [0.1, 0.15) is 34.3 Å². The topological polar surface area (TPSA) is 110 Å². The van der Waals surface area contributed by atoms with Crippen LogP contribution in [0.4, 0.5) is 0 Å². The zero-order chi connectivity index (χ0) is 30.1. The predicted molar refractivity (Wildman–Crippen MR) is 158 cm³/mol. The highest BCUT2D eigenvalue weighted by Crippen LogP contribution is 2.54. The van der Waals surface area contributed by atoms with Crippen molar-refractivity contribution >= 4 is 5.91 Å². The fourth-order valence-corrected chi connectivity index (χ4v) is 6.75. The summed E-state index contributed by atoms with van der Waals surface area (Å²) in [6.07, 6.45) is -1.08. The van der Waals surface area contributed by atoms with Crippen molar-refractivity contribution < 1.29 is 38.7 Å². The zero-order valence-electron chi connectivity index (χ0n) is 24.7. The van der Waals surface area contributed by atoms with Crippen LogP contribution in [0, 0.1) is 11.8 Å². The second kappa shape index (κ2) is 12.3. The van der Waals surface area contributed by atoms with Crippen LogP contribution in [0.5, 0.6) is 28.7 Å². The maximum absolute atomic E-state index is 14.5. The predicted octanol–water partition coefficient (Wildman–Crippen LogP) is 3.19. The number of aliphatic hydroxyl groups excluding tert-OH is 2. The van der Waals surface area contributed by atoms with E-state index in [2.05, 4.69) is 17.0 Å². The molecule has 0 saturated carbocycles. The van der Waals surface area contributed by atoms with E-state index in [1.54, 1.807) is 27.4 Å². The molecule has 43 heavy (non-hydrogen) atoms. The maximum Gasteiger partial charge on any atom is 0.231 e. The van der Waals surface area contributed by atoms with E-state index in [-0.39, 0.29) is 19.3 Å². The first-order valence-electron chi connectivity index (χ1n) is 14.5. The highest BCUT2D eigenvalue weighted by molar-refractivity contribution is 5.82. The molecule has 4 atom stereocenters. The number of hydrogen-bond acceptors (Lipinski definition) is 9. The normalized spacial score (nSPS) is 23.0. The molecule has 2 N–H and O–H groups in total. The summed E-state index contributed by atoms with van der Waals surface area (Å²) in [7, 11) is 4.64. The van der Waals surface area contributed by atoms with Gasteiger partial charge in [-0.2, -0.15) is 0 Å². The number of methoxy groups -OCH3 is 3. The summed E-state index contributed by atoms with van der Waals surface area (Å²) < 4.78 is 28.2. The molecule has 2 heterocycles. The molecule has 0 aromatic heterocycles. The Kier molecular flexibility index (Phi) is 8.34. The average molecular weight is 591 g/mol. The van der Waals surface area contributed by atoms with E-state index in [0.29, 0.717) is 47.4 Å². The lowest BCUT2D eigenvalue weighted by molar-refractivity contribution is -0.144. The zero-order valence-corrected chi connectivity index (χ0v) is 24.7. The van der Waals surface area contributed by atoms with Crippen molar-refractivity contribution in [1.82, 2.24) is 9.80 Å². The van der Waals surface area contributed by atoms with E-state index >= 15 is 0 Å². The van der Waals surface area contributed by atoms with Crippen LogP contribution in [0.2, 0.25) is 0 Å². The van der Waals surface area contributed by atoms with Gasteiger partial charge in [-0.3, -0.25) is 9.69 Å². The fourth-order valence-electron chi connectivity index (χ4n) is 6.75. The molecule has 0 radical (unpaired) electrons. The Morgan fingerprint density at radius 2 is 1.51 bits per heavy atom. The molecule has 1 aliphatic carbocycles.